The number of piperidine rings is 1. The van der Waals surface area contributed by atoms with Crippen LogP contribution in [0.3, 0.4) is 0 Å². The minimum Gasteiger partial charge on any atom is -0.317 e. The van der Waals surface area contributed by atoms with Crippen molar-refractivity contribution in [1.29, 1.82) is 0 Å². The number of nitrogens with zero attached hydrogens (tertiary/aromatic N) is 1. The van der Waals surface area contributed by atoms with Gasteiger partial charge in [0.25, 0.3) is 0 Å². The van der Waals surface area contributed by atoms with Crippen molar-refractivity contribution < 1.29 is 13.2 Å². The summed E-state index contributed by atoms with van der Waals surface area (Å²) in [6, 6.07) is 0. The lowest BCUT2D eigenvalue weighted by atomic mass is 9.96. The molecule has 1 saturated carbocycles. The van der Waals surface area contributed by atoms with E-state index in [1.165, 1.54) is 11.3 Å². The molecule has 1 saturated heterocycles. The Morgan fingerprint density at radius 2 is 2.10 bits per heavy atom. The summed E-state index contributed by atoms with van der Waals surface area (Å²) in [5.74, 6) is 0.0813. The number of nitrogens with one attached hydrogen (secondary N) is 2. The second-order valence-electron chi connectivity index (χ2n) is 5.82. The lowest BCUT2D eigenvalue weighted by Gasteiger charge is -2.33. The molecule has 6 nitrogen and oxygen atoms in total. The van der Waals surface area contributed by atoms with Gasteiger partial charge in [0.1, 0.15) is 0 Å². The number of amides is 1. The molecule has 8 heteroatoms. The van der Waals surface area contributed by atoms with Gasteiger partial charge in [0.15, 0.2) is 19.7 Å². The standard InChI is InChI=1S/C13H19N3O3S2/c1-21(18,19)13(4-6-14-7-5-13)11(17)16-12-15-10(8-20-12)9-2-3-9/h8-9,14H,2-7H2,1H3,(H,15,16,17). The van der Waals surface area contributed by atoms with Crippen molar-refractivity contribution in [2.24, 2.45) is 0 Å². The monoisotopic (exact) mass is 329 g/mol. The fraction of sp³-hybridized carbons (Fsp3) is 0.692. The molecule has 1 aliphatic carbocycles. The summed E-state index contributed by atoms with van der Waals surface area (Å²) in [6.45, 7) is 1.07. The van der Waals surface area contributed by atoms with E-state index in [1.807, 2.05) is 5.38 Å². The summed E-state index contributed by atoms with van der Waals surface area (Å²) in [6.07, 6.45) is 4.05. The highest BCUT2D eigenvalue weighted by molar-refractivity contribution is 7.92. The first-order valence-corrected chi connectivity index (χ1v) is 9.87. The molecule has 21 heavy (non-hydrogen) atoms. The number of rotatable bonds is 4. The number of carbonyl (C=O) groups is 1. The van der Waals surface area contributed by atoms with E-state index in [1.54, 1.807) is 0 Å². The van der Waals surface area contributed by atoms with Crippen molar-refractivity contribution in [3.8, 4) is 0 Å². The maximum atomic E-state index is 12.6. The highest BCUT2D eigenvalue weighted by Crippen LogP contribution is 2.41. The maximum Gasteiger partial charge on any atom is 0.247 e. The van der Waals surface area contributed by atoms with Gasteiger partial charge in [-0.25, -0.2) is 13.4 Å². The van der Waals surface area contributed by atoms with Crippen molar-refractivity contribution in [3.63, 3.8) is 0 Å². The Balaban J connectivity index is 1.80. The van der Waals surface area contributed by atoms with Gasteiger partial charge in [-0.2, -0.15) is 0 Å². The van der Waals surface area contributed by atoms with Crippen molar-refractivity contribution >= 4 is 32.2 Å². The van der Waals surface area contributed by atoms with E-state index < -0.39 is 20.5 Å². The fourth-order valence-corrected chi connectivity index (χ4v) is 4.84. The van der Waals surface area contributed by atoms with E-state index in [-0.39, 0.29) is 0 Å². The number of aromatic nitrogens is 1. The Bertz CT molecular complexity index is 643. The highest BCUT2D eigenvalue weighted by atomic mass is 32.2. The van der Waals surface area contributed by atoms with Crippen molar-refractivity contribution in [1.82, 2.24) is 10.3 Å². The van der Waals surface area contributed by atoms with E-state index in [9.17, 15) is 13.2 Å². The lowest BCUT2D eigenvalue weighted by Crippen LogP contribution is -2.55. The Labute approximate surface area is 128 Å². The number of hydrogen-bond donors (Lipinski definition) is 2. The van der Waals surface area contributed by atoms with Crippen LogP contribution < -0.4 is 10.6 Å². The van der Waals surface area contributed by atoms with Crippen LogP contribution in [0.1, 0.15) is 37.3 Å². The van der Waals surface area contributed by atoms with E-state index in [4.69, 9.17) is 0 Å². The zero-order valence-corrected chi connectivity index (χ0v) is 13.5. The smallest absolute Gasteiger partial charge is 0.247 e. The van der Waals surface area contributed by atoms with E-state index in [0.717, 1.165) is 24.8 Å². The molecular formula is C13H19N3O3S2. The van der Waals surface area contributed by atoms with Crippen molar-refractivity contribution in [2.45, 2.75) is 36.3 Å². The third-order valence-electron chi connectivity index (χ3n) is 4.27. The third-order valence-corrected chi connectivity index (χ3v) is 7.06. The Morgan fingerprint density at radius 1 is 1.43 bits per heavy atom. The largest absolute Gasteiger partial charge is 0.317 e. The predicted octanol–water partition coefficient (Wildman–Crippen LogP) is 1.13. The lowest BCUT2D eigenvalue weighted by molar-refractivity contribution is -0.119. The molecule has 0 bridgehead atoms. The third kappa shape index (κ3) is 2.84. The number of anilines is 1. The minimum absolute atomic E-state index is 0.304. The zero-order chi connectivity index (χ0) is 15.1. The van der Waals surface area contributed by atoms with Gasteiger partial charge in [-0.15, -0.1) is 11.3 Å². The second-order valence-corrected chi connectivity index (χ2v) is 9.01. The van der Waals surface area contributed by atoms with Crippen LogP contribution in [0.2, 0.25) is 0 Å². The first-order valence-electron chi connectivity index (χ1n) is 7.09. The summed E-state index contributed by atoms with van der Waals surface area (Å²) in [5.41, 5.74) is 1.01. The SMILES string of the molecule is CS(=O)(=O)C1(C(=O)Nc2nc(C3CC3)cs2)CCNCC1. The number of carbonyl (C=O) groups excluding carboxylic acids is 1. The quantitative estimate of drug-likeness (QED) is 0.864. The van der Waals surface area contributed by atoms with Gasteiger partial charge in [-0.05, 0) is 38.8 Å². The molecule has 0 spiro atoms. The van der Waals surface area contributed by atoms with Crippen LogP contribution in [0.4, 0.5) is 5.13 Å². The summed E-state index contributed by atoms with van der Waals surface area (Å²) in [4.78, 5) is 17.0. The van der Waals surface area contributed by atoms with Crippen molar-refractivity contribution in [3.05, 3.63) is 11.1 Å². The Morgan fingerprint density at radius 3 is 2.67 bits per heavy atom. The molecule has 0 atom stereocenters. The average Bonchev–Trinajstić information content (AvgIpc) is 3.19. The Kier molecular flexibility index (Phi) is 3.79. The second kappa shape index (κ2) is 5.33. The molecule has 1 aliphatic heterocycles. The van der Waals surface area contributed by atoms with Crippen LogP contribution >= 0.6 is 11.3 Å². The molecule has 1 aromatic rings. The van der Waals surface area contributed by atoms with Gasteiger partial charge >= 0.3 is 0 Å². The Hall–Kier alpha value is -0.990. The first-order chi connectivity index (χ1) is 9.92. The molecule has 3 rings (SSSR count). The molecule has 2 N–H and O–H groups in total. The van der Waals surface area contributed by atoms with Gasteiger partial charge in [0.05, 0.1) is 5.69 Å². The van der Waals surface area contributed by atoms with Gasteiger partial charge in [-0.3, -0.25) is 4.79 Å². The number of thiazole rings is 1. The number of hydrogen-bond acceptors (Lipinski definition) is 6. The molecule has 0 unspecified atom stereocenters. The zero-order valence-electron chi connectivity index (χ0n) is 11.9. The van der Waals surface area contributed by atoms with E-state index >= 15 is 0 Å². The van der Waals surface area contributed by atoms with Crippen LogP contribution in [0.15, 0.2) is 5.38 Å². The molecule has 2 heterocycles. The fourth-order valence-electron chi connectivity index (χ4n) is 2.72. The van der Waals surface area contributed by atoms with Gasteiger partial charge < -0.3 is 10.6 Å². The molecule has 0 aromatic carbocycles. The topological polar surface area (TPSA) is 88.2 Å². The van der Waals surface area contributed by atoms with Crippen LogP contribution in [-0.4, -0.2) is 43.4 Å². The summed E-state index contributed by atoms with van der Waals surface area (Å²) in [7, 11) is -3.48. The van der Waals surface area contributed by atoms with Crippen LogP contribution in [0.25, 0.3) is 0 Å². The highest BCUT2D eigenvalue weighted by Gasteiger charge is 2.48. The first kappa shape index (κ1) is 14.9. The molecular weight excluding hydrogens is 310 g/mol. The van der Waals surface area contributed by atoms with Crippen LogP contribution in [0, 0.1) is 0 Å². The molecule has 0 radical (unpaired) electrons. The van der Waals surface area contributed by atoms with E-state index in [0.29, 0.717) is 37.0 Å². The van der Waals surface area contributed by atoms with Crippen LogP contribution in [0.5, 0.6) is 0 Å². The average molecular weight is 329 g/mol. The maximum absolute atomic E-state index is 12.6. The molecule has 2 aliphatic rings. The van der Waals surface area contributed by atoms with Crippen molar-refractivity contribution in [2.75, 3.05) is 24.7 Å². The van der Waals surface area contributed by atoms with Gasteiger partial charge in [-0.1, -0.05) is 0 Å². The summed E-state index contributed by atoms with van der Waals surface area (Å²) >= 11 is 1.37. The van der Waals surface area contributed by atoms with Crippen LogP contribution in [-0.2, 0) is 14.6 Å². The molecule has 1 amide bonds. The predicted molar refractivity (Wildman–Crippen MR) is 82.4 cm³/mol. The molecule has 2 fully saturated rings. The molecule has 1 aromatic heterocycles. The molecule has 116 valence electrons. The normalized spacial score (nSPS) is 22.0. The summed E-state index contributed by atoms with van der Waals surface area (Å²) < 4.78 is 23.0. The minimum atomic E-state index is -3.48. The van der Waals surface area contributed by atoms with Gasteiger partial charge in [0.2, 0.25) is 5.91 Å². The number of sulfone groups is 1. The van der Waals surface area contributed by atoms with E-state index in [2.05, 4.69) is 15.6 Å². The van der Waals surface area contributed by atoms with Gasteiger partial charge in [0, 0.05) is 17.6 Å². The summed E-state index contributed by atoms with van der Waals surface area (Å²) in [5, 5.41) is 8.27.